The molecule has 1 rings (SSSR count). The van der Waals surface area contributed by atoms with Crippen molar-refractivity contribution in [2.75, 3.05) is 13.2 Å². The Labute approximate surface area is 113 Å². The molecule has 0 aromatic heterocycles. The molecule has 2 amide bonds. The molecule has 0 unspecified atom stereocenters. The molecule has 0 bridgehead atoms. The van der Waals surface area contributed by atoms with Crippen LogP contribution in [-0.2, 0) is 9.53 Å². The van der Waals surface area contributed by atoms with Crippen LogP contribution in [0.3, 0.4) is 0 Å². The molecular formula is C13H22N2O4. The van der Waals surface area contributed by atoms with Gasteiger partial charge >= 0.3 is 6.09 Å². The summed E-state index contributed by atoms with van der Waals surface area (Å²) in [6.45, 7) is 4.84. The lowest BCUT2D eigenvalue weighted by Gasteiger charge is -2.19. The maximum Gasteiger partial charge on any atom is 0.408 e. The monoisotopic (exact) mass is 270 g/mol. The Morgan fingerprint density at radius 2 is 2.00 bits per heavy atom. The molecule has 6 nitrogen and oxygen atoms in total. The van der Waals surface area contributed by atoms with E-state index in [-0.39, 0.29) is 19.1 Å². The maximum atomic E-state index is 11.6. The lowest BCUT2D eigenvalue weighted by atomic mass is 10.2. The number of alkyl carbamates (subject to hydrolysis) is 1. The number of hydrogen-bond acceptors (Lipinski definition) is 4. The lowest BCUT2D eigenvalue weighted by Crippen LogP contribution is -2.39. The van der Waals surface area contributed by atoms with E-state index in [1.807, 2.05) is 6.08 Å². The predicted octanol–water partition coefficient (Wildman–Crippen LogP) is 0.913. The Bertz CT molecular complexity index is 367. The molecule has 1 aliphatic carbocycles. The zero-order valence-corrected chi connectivity index (χ0v) is 11.7. The van der Waals surface area contributed by atoms with Crippen LogP contribution in [0.5, 0.6) is 0 Å². The molecule has 1 saturated carbocycles. The van der Waals surface area contributed by atoms with Crippen LogP contribution in [0, 0.1) is 5.92 Å². The molecule has 0 aliphatic heterocycles. The van der Waals surface area contributed by atoms with Crippen LogP contribution >= 0.6 is 0 Å². The standard InChI is InChI=1S/C13H22N2O4/c1-13(2,3)19-12(18)14-7-11(17)15-10(8-16)6-9-4-5-9/h6,9,16H,4-5,7-8H2,1-3H3,(H,14,18)(H,15,17). The molecule has 108 valence electrons. The maximum absolute atomic E-state index is 11.6. The Kier molecular flexibility index (Phi) is 5.35. The summed E-state index contributed by atoms with van der Waals surface area (Å²) in [6.07, 6.45) is 3.40. The third kappa shape index (κ3) is 7.46. The molecule has 0 spiro atoms. The number of carbonyl (C=O) groups is 2. The van der Waals surface area contributed by atoms with Crippen molar-refractivity contribution in [3.05, 3.63) is 11.8 Å². The summed E-state index contributed by atoms with van der Waals surface area (Å²) in [7, 11) is 0. The van der Waals surface area contributed by atoms with E-state index in [1.54, 1.807) is 20.8 Å². The first kappa shape index (κ1) is 15.5. The van der Waals surface area contributed by atoms with Gasteiger partial charge in [0.05, 0.1) is 6.61 Å². The van der Waals surface area contributed by atoms with Crippen LogP contribution in [0.25, 0.3) is 0 Å². The highest BCUT2D eigenvalue weighted by Crippen LogP contribution is 2.30. The molecular weight excluding hydrogens is 248 g/mol. The van der Waals surface area contributed by atoms with Crippen molar-refractivity contribution in [3.8, 4) is 0 Å². The van der Waals surface area contributed by atoms with Crippen LogP contribution in [0.15, 0.2) is 11.8 Å². The van der Waals surface area contributed by atoms with E-state index in [9.17, 15) is 9.59 Å². The Hall–Kier alpha value is -1.56. The molecule has 0 heterocycles. The van der Waals surface area contributed by atoms with E-state index in [1.165, 1.54) is 0 Å². The predicted molar refractivity (Wildman–Crippen MR) is 70.3 cm³/mol. The van der Waals surface area contributed by atoms with Gasteiger partial charge in [0.25, 0.3) is 0 Å². The number of aliphatic hydroxyl groups excluding tert-OH is 1. The average Bonchev–Trinajstić information content (AvgIpc) is 3.07. The summed E-state index contributed by atoms with van der Waals surface area (Å²) in [4.78, 5) is 22.9. The Morgan fingerprint density at radius 1 is 1.37 bits per heavy atom. The minimum absolute atomic E-state index is 0.184. The van der Waals surface area contributed by atoms with Crippen molar-refractivity contribution in [1.29, 1.82) is 0 Å². The highest BCUT2D eigenvalue weighted by molar-refractivity contribution is 5.83. The van der Waals surface area contributed by atoms with E-state index >= 15 is 0 Å². The van der Waals surface area contributed by atoms with Crippen molar-refractivity contribution in [1.82, 2.24) is 10.6 Å². The fraction of sp³-hybridized carbons (Fsp3) is 0.692. The first-order valence-electron chi connectivity index (χ1n) is 6.38. The molecule has 3 N–H and O–H groups in total. The largest absolute Gasteiger partial charge is 0.444 e. The molecule has 6 heteroatoms. The Balaban J connectivity index is 2.28. The van der Waals surface area contributed by atoms with Gasteiger partial charge in [-0.15, -0.1) is 0 Å². The first-order chi connectivity index (χ1) is 8.80. The van der Waals surface area contributed by atoms with Gasteiger partial charge in [-0.1, -0.05) is 6.08 Å². The normalized spacial score (nSPS) is 15.9. The summed E-state index contributed by atoms with van der Waals surface area (Å²) in [5.41, 5.74) is -0.110. The van der Waals surface area contributed by atoms with E-state index in [2.05, 4.69) is 10.6 Å². The number of carbonyl (C=O) groups excluding carboxylic acids is 2. The Morgan fingerprint density at radius 3 is 2.47 bits per heavy atom. The molecule has 0 atom stereocenters. The fourth-order valence-corrected chi connectivity index (χ4v) is 1.37. The topological polar surface area (TPSA) is 87.7 Å². The third-order valence-electron chi connectivity index (χ3n) is 2.32. The number of rotatable bonds is 5. The van der Waals surface area contributed by atoms with E-state index in [0.29, 0.717) is 11.6 Å². The fourth-order valence-electron chi connectivity index (χ4n) is 1.37. The van der Waals surface area contributed by atoms with Crippen molar-refractivity contribution >= 4 is 12.0 Å². The summed E-state index contributed by atoms with van der Waals surface area (Å²) >= 11 is 0. The van der Waals surface area contributed by atoms with Gasteiger partial charge < -0.3 is 20.5 Å². The summed E-state index contributed by atoms with van der Waals surface area (Å²) in [5.74, 6) is 0.0769. The number of hydrogen-bond donors (Lipinski definition) is 3. The van der Waals surface area contributed by atoms with Crippen molar-refractivity contribution in [2.45, 2.75) is 39.2 Å². The van der Waals surface area contributed by atoms with Gasteiger partial charge in [0.15, 0.2) is 0 Å². The summed E-state index contributed by atoms with van der Waals surface area (Å²) < 4.78 is 5.00. The van der Waals surface area contributed by atoms with E-state index in [4.69, 9.17) is 9.84 Å². The lowest BCUT2D eigenvalue weighted by molar-refractivity contribution is -0.119. The minimum atomic E-state index is -0.639. The second-order valence-corrected chi connectivity index (χ2v) is 5.59. The number of aliphatic hydroxyl groups is 1. The summed E-state index contributed by atoms with van der Waals surface area (Å²) in [6, 6.07) is 0. The molecule has 0 aromatic carbocycles. The molecule has 1 fully saturated rings. The summed E-state index contributed by atoms with van der Waals surface area (Å²) in [5, 5.41) is 14.0. The SMILES string of the molecule is CC(C)(C)OC(=O)NCC(=O)NC(=CC1CC1)CO. The van der Waals surface area contributed by atoms with Crippen LogP contribution in [-0.4, -0.2) is 35.9 Å². The molecule has 0 aromatic rings. The van der Waals surface area contributed by atoms with Gasteiger partial charge in [-0.05, 0) is 39.5 Å². The highest BCUT2D eigenvalue weighted by Gasteiger charge is 2.20. The van der Waals surface area contributed by atoms with Gasteiger partial charge in [-0.2, -0.15) is 0 Å². The van der Waals surface area contributed by atoms with Gasteiger partial charge in [0.1, 0.15) is 12.1 Å². The zero-order valence-electron chi connectivity index (χ0n) is 11.7. The molecule has 1 aliphatic rings. The van der Waals surface area contributed by atoms with Gasteiger partial charge in [-0.3, -0.25) is 4.79 Å². The van der Waals surface area contributed by atoms with Gasteiger partial charge in [0.2, 0.25) is 5.91 Å². The van der Waals surface area contributed by atoms with Crippen molar-refractivity contribution in [2.24, 2.45) is 5.92 Å². The highest BCUT2D eigenvalue weighted by atomic mass is 16.6. The van der Waals surface area contributed by atoms with Crippen LogP contribution in [0.2, 0.25) is 0 Å². The number of nitrogens with one attached hydrogen (secondary N) is 2. The van der Waals surface area contributed by atoms with E-state index in [0.717, 1.165) is 12.8 Å². The number of ether oxygens (including phenoxy) is 1. The van der Waals surface area contributed by atoms with E-state index < -0.39 is 11.7 Å². The second kappa shape index (κ2) is 6.56. The average molecular weight is 270 g/mol. The molecule has 0 saturated heterocycles. The van der Waals surface area contributed by atoms with Crippen LogP contribution in [0.1, 0.15) is 33.6 Å². The van der Waals surface area contributed by atoms with Crippen LogP contribution < -0.4 is 10.6 Å². The van der Waals surface area contributed by atoms with Crippen LogP contribution in [0.4, 0.5) is 4.79 Å². The zero-order chi connectivity index (χ0) is 14.5. The van der Waals surface area contributed by atoms with Gasteiger partial charge in [0, 0.05) is 5.70 Å². The van der Waals surface area contributed by atoms with Crippen molar-refractivity contribution in [3.63, 3.8) is 0 Å². The number of amides is 2. The third-order valence-corrected chi connectivity index (χ3v) is 2.32. The minimum Gasteiger partial charge on any atom is -0.444 e. The quantitative estimate of drug-likeness (QED) is 0.693. The molecule has 0 radical (unpaired) electrons. The smallest absolute Gasteiger partial charge is 0.408 e. The first-order valence-corrected chi connectivity index (χ1v) is 6.38. The number of allylic oxidation sites excluding steroid dienone is 1. The second-order valence-electron chi connectivity index (χ2n) is 5.59. The van der Waals surface area contributed by atoms with Crippen molar-refractivity contribution < 1.29 is 19.4 Å². The van der Waals surface area contributed by atoms with Gasteiger partial charge in [-0.25, -0.2) is 4.79 Å². The molecule has 19 heavy (non-hydrogen) atoms.